The molecule has 1 aromatic carbocycles. The Hall–Kier alpha value is -2.60. The first-order chi connectivity index (χ1) is 12.4. The molecule has 0 saturated carbocycles. The maximum Gasteiger partial charge on any atom is 0.338 e. The lowest BCUT2D eigenvalue weighted by atomic mass is 10.2. The Morgan fingerprint density at radius 3 is 2.46 bits per heavy atom. The Kier molecular flexibility index (Phi) is 6.97. The number of pyridine rings is 1. The molecule has 0 saturated heterocycles. The number of esters is 1. The maximum atomic E-state index is 12.2. The molecule has 7 heteroatoms. The van der Waals surface area contributed by atoms with Crippen LogP contribution in [0, 0.1) is 5.92 Å². The number of hydrogen-bond donors (Lipinski definition) is 1. The lowest BCUT2D eigenvalue weighted by Crippen LogP contribution is -2.30. The second-order valence-electron chi connectivity index (χ2n) is 6.11. The highest BCUT2D eigenvalue weighted by Crippen LogP contribution is 2.18. The zero-order valence-corrected chi connectivity index (χ0v) is 15.6. The van der Waals surface area contributed by atoms with Gasteiger partial charge in [-0.25, -0.2) is 9.78 Å². The van der Waals surface area contributed by atoms with E-state index in [-0.39, 0.29) is 5.15 Å². The summed E-state index contributed by atoms with van der Waals surface area (Å²) in [6.45, 7) is 6.18. The number of carbonyl (C=O) groups is 2. The topological polar surface area (TPSA) is 77.5 Å². The fourth-order valence-electron chi connectivity index (χ4n) is 1.95. The van der Waals surface area contributed by atoms with Gasteiger partial charge >= 0.3 is 5.97 Å². The summed E-state index contributed by atoms with van der Waals surface area (Å²) in [7, 11) is 0. The van der Waals surface area contributed by atoms with Gasteiger partial charge in [0.1, 0.15) is 5.75 Å². The molecule has 26 heavy (non-hydrogen) atoms. The van der Waals surface area contributed by atoms with Crippen molar-refractivity contribution in [2.75, 3.05) is 11.9 Å². The van der Waals surface area contributed by atoms with Crippen LogP contribution in [0.25, 0.3) is 0 Å². The van der Waals surface area contributed by atoms with Gasteiger partial charge in [0.25, 0.3) is 5.91 Å². The van der Waals surface area contributed by atoms with E-state index in [1.807, 2.05) is 0 Å². The van der Waals surface area contributed by atoms with E-state index in [1.54, 1.807) is 36.4 Å². The Balaban J connectivity index is 1.91. The number of amides is 1. The first-order valence-electron chi connectivity index (χ1n) is 8.22. The molecule has 0 aliphatic rings. The minimum atomic E-state index is -0.990. The van der Waals surface area contributed by atoms with E-state index in [4.69, 9.17) is 21.1 Å². The maximum absolute atomic E-state index is 12.2. The van der Waals surface area contributed by atoms with Crippen molar-refractivity contribution in [1.82, 2.24) is 4.98 Å². The van der Waals surface area contributed by atoms with Gasteiger partial charge in [0.15, 0.2) is 11.3 Å². The van der Waals surface area contributed by atoms with Crippen LogP contribution in [0.1, 0.15) is 31.1 Å². The molecule has 1 atom stereocenters. The first kappa shape index (κ1) is 19.7. The van der Waals surface area contributed by atoms with Crippen LogP contribution in [0.2, 0.25) is 5.15 Å². The molecular weight excluding hydrogens is 356 g/mol. The molecule has 1 aromatic heterocycles. The molecular formula is C19H21ClN2O4. The Labute approximate surface area is 157 Å². The van der Waals surface area contributed by atoms with Crippen molar-refractivity contribution in [3.05, 3.63) is 53.3 Å². The Morgan fingerprint density at radius 2 is 1.85 bits per heavy atom. The molecule has 1 amide bonds. The SMILES string of the molecule is CC(C)COc1ccc(C(=O)O[C@H](C)C(=O)Nc2cccnc2Cl)cc1. The van der Waals surface area contributed by atoms with E-state index < -0.39 is 18.0 Å². The third-order valence-corrected chi connectivity index (χ3v) is 3.64. The van der Waals surface area contributed by atoms with Crippen molar-refractivity contribution in [3.63, 3.8) is 0 Å². The summed E-state index contributed by atoms with van der Waals surface area (Å²) in [5.74, 6) is -0.00920. The molecule has 6 nitrogen and oxygen atoms in total. The summed E-state index contributed by atoms with van der Waals surface area (Å²) in [6, 6.07) is 9.83. The third kappa shape index (κ3) is 5.74. The molecule has 0 aliphatic carbocycles. The third-order valence-electron chi connectivity index (χ3n) is 3.34. The number of carbonyl (C=O) groups excluding carboxylic acids is 2. The van der Waals surface area contributed by atoms with E-state index in [1.165, 1.54) is 13.1 Å². The van der Waals surface area contributed by atoms with E-state index in [0.717, 1.165) is 0 Å². The fourth-order valence-corrected chi connectivity index (χ4v) is 2.11. The average molecular weight is 377 g/mol. The standard InChI is InChI=1S/C19H21ClN2O4/c1-12(2)11-25-15-8-6-14(7-9-15)19(24)26-13(3)18(23)22-16-5-4-10-21-17(16)20/h4-10,12-13H,11H2,1-3H3,(H,22,23)/t13-/m1/s1. The molecule has 2 rings (SSSR count). The van der Waals surface area contributed by atoms with Crippen LogP contribution in [-0.4, -0.2) is 29.6 Å². The highest BCUT2D eigenvalue weighted by Gasteiger charge is 2.20. The second kappa shape index (κ2) is 9.20. The summed E-state index contributed by atoms with van der Waals surface area (Å²) < 4.78 is 10.8. The molecule has 0 radical (unpaired) electrons. The number of ether oxygens (including phenoxy) is 2. The fraction of sp³-hybridized carbons (Fsp3) is 0.316. The minimum Gasteiger partial charge on any atom is -0.493 e. The first-order valence-corrected chi connectivity index (χ1v) is 8.60. The predicted octanol–water partition coefficient (Wildman–Crippen LogP) is 3.95. The zero-order valence-electron chi connectivity index (χ0n) is 14.9. The average Bonchev–Trinajstić information content (AvgIpc) is 2.62. The van der Waals surface area contributed by atoms with Gasteiger partial charge in [0.05, 0.1) is 17.9 Å². The van der Waals surface area contributed by atoms with E-state index in [0.29, 0.717) is 29.5 Å². The number of hydrogen-bond acceptors (Lipinski definition) is 5. The van der Waals surface area contributed by atoms with Crippen LogP contribution < -0.4 is 10.1 Å². The van der Waals surface area contributed by atoms with Crippen molar-refractivity contribution in [3.8, 4) is 5.75 Å². The molecule has 1 heterocycles. The van der Waals surface area contributed by atoms with E-state index in [2.05, 4.69) is 24.1 Å². The summed E-state index contributed by atoms with van der Waals surface area (Å²) >= 11 is 5.89. The summed E-state index contributed by atoms with van der Waals surface area (Å²) in [5, 5.41) is 2.74. The number of anilines is 1. The van der Waals surface area contributed by atoms with Gasteiger partial charge in [-0.1, -0.05) is 25.4 Å². The highest BCUT2D eigenvalue weighted by molar-refractivity contribution is 6.32. The highest BCUT2D eigenvalue weighted by atomic mass is 35.5. The van der Waals surface area contributed by atoms with Crippen LogP contribution in [0.4, 0.5) is 5.69 Å². The van der Waals surface area contributed by atoms with Gasteiger partial charge in [-0.15, -0.1) is 0 Å². The molecule has 0 aliphatic heterocycles. The van der Waals surface area contributed by atoms with Crippen molar-refractivity contribution in [2.45, 2.75) is 26.9 Å². The van der Waals surface area contributed by atoms with Crippen LogP contribution in [0.3, 0.4) is 0 Å². The van der Waals surface area contributed by atoms with Gasteiger partial charge < -0.3 is 14.8 Å². The normalized spacial score (nSPS) is 11.7. The van der Waals surface area contributed by atoms with Crippen LogP contribution in [-0.2, 0) is 9.53 Å². The van der Waals surface area contributed by atoms with Crippen LogP contribution in [0.5, 0.6) is 5.75 Å². The number of nitrogens with one attached hydrogen (secondary N) is 1. The number of aromatic nitrogens is 1. The number of nitrogens with zero attached hydrogens (tertiary/aromatic N) is 1. The molecule has 138 valence electrons. The Bertz CT molecular complexity index is 762. The van der Waals surface area contributed by atoms with Gasteiger partial charge in [0, 0.05) is 6.20 Å². The smallest absolute Gasteiger partial charge is 0.338 e. The van der Waals surface area contributed by atoms with Gasteiger partial charge in [-0.3, -0.25) is 4.79 Å². The van der Waals surface area contributed by atoms with Gasteiger partial charge in [0.2, 0.25) is 0 Å². The molecule has 2 aromatic rings. The number of benzene rings is 1. The molecule has 0 bridgehead atoms. The summed E-state index contributed by atoms with van der Waals surface area (Å²) in [6.07, 6.45) is 0.520. The quantitative estimate of drug-likeness (QED) is 0.584. The second-order valence-corrected chi connectivity index (χ2v) is 6.47. The predicted molar refractivity (Wildman–Crippen MR) is 99.5 cm³/mol. The van der Waals surface area contributed by atoms with Crippen LogP contribution >= 0.6 is 11.6 Å². The van der Waals surface area contributed by atoms with Gasteiger partial charge in [-0.05, 0) is 49.2 Å². The van der Waals surface area contributed by atoms with E-state index in [9.17, 15) is 9.59 Å². The summed E-state index contributed by atoms with van der Waals surface area (Å²) in [4.78, 5) is 28.2. The Morgan fingerprint density at radius 1 is 1.15 bits per heavy atom. The zero-order chi connectivity index (χ0) is 19.1. The lowest BCUT2D eigenvalue weighted by Gasteiger charge is -2.14. The largest absolute Gasteiger partial charge is 0.493 e. The number of rotatable bonds is 7. The number of halogens is 1. The van der Waals surface area contributed by atoms with Crippen LogP contribution in [0.15, 0.2) is 42.6 Å². The van der Waals surface area contributed by atoms with Crippen molar-refractivity contribution >= 4 is 29.2 Å². The van der Waals surface area contributed by atoms with E-state index >= 15 is 0 Å². The molecule has 0 unspecified atom stereocenters. The minimum absolute atomic E-state index is 0.163. The summed E-state index contributed by atoms with van der Waals surface area (Å²) in [5.41, 5.74) is 0.690. The van der Waals surface area contributed by atoms with Crippen molar-refractivity contribution in [2.24, 2.45) is 5.92 Å². The molecule has 1 N–H and O–H groups in total. The van der Waals surface area contributed by atoms with Gasteiger partial charge in [-0.2, -0.15) is 0 Å². The van der Waals surface area contributed by atoms with Crippen molar-refractivity contribution in [1.29, 1.82) is 0 Å². The molecule has 0 fully saturated rings. The van der Waals surface area contributed by atoms with Crippen molar-refractivity contribution < 1.29 is 19.1 Å². The molecule has 0 spiro atoms. The lowest BCUT2D eigenvalue weighted by molar-refractivity contribution is -0.123. The monoisotopic (exact) mass is 376 g/mol.